The fraction of sp³-hybridized carbons (Fsp3) is 0.455. The van der Waals surface area contributed by atoms with Crippen LogP contribution in [0.1, 0.15) is 18.9 Å². The van der Waals surface area contributed by atoms with Crippen LogP contribution in [0.15, 0.2) is 23.1 Å². The van der Waals surface area contributed by atoms with Gasteiger partial charge in [-0.3, -0.25) is 10.1 Å². The number of hydrogen-bond donors (Lipinski definition) is 0. The van der Waals surface area contributed by atoms with Crippen LogP contribution in [-0.2, 0) is 6.18 Å². The van der Waals surface area contributed by atoms with Gasteiger partial charge in [0.25, 0.3) is 5.69 Å². The van der Waals surface area contributed by atoms with Crippen LogP contribution in [0.3, 0.4) is 0 Å². The summed E-state index contributed by atoms with van der Waals surface area (Å²) in [7, 11) is 0. The van der Waals surface area contributed by atoms with Crippen LogP contribution in [-0.4, -0.2) is 16.1 Å². The van der Waals surface area contributed by atoms with Gasteiger partial charge in [-0.25, -0.2) is 0 Å². The second kappa shape index (κ2) is 6.47. The summed E-state index contributed by atoms with van der Waals surface area (Å²) in [5, 5.41) is 10.6. The summed E-state index contributed by atoms with van der Waals surface area (Å²) in [6, 6.07) is 3.02. The Kier molecular flexibility index (Phi) is 5.49. The number of nitrogens with zero attached hydrogens (tertiary/aromatic N) is 1. The molecule has 0 saturated heterocycles. The molecule has 106 valence electrons. The first kappa shape index (κ1) is 16.1. The third kappa shape index (κ3) is 4.58. The summed E-state index contributed by atoms with van der Waals surface area (Å²) in [5.74, 6) is 0.410. The van der Waals surface area contributed by atoms with E-state index in [0.717, 1.165) is 12.1 Å². The van der Waals surface area contributed by atoms with E-state index in [4.69, 9.17) is 11.6 Å². The molecule has 0 aromatic heterocycles. The maximum Gasteiger partial charge on any atom is 0.423 e. The minimum Gasteiger partial charge on any atom is -0.258 e. The Bertz CT molecular complexity index is 468. The van der Waals surface area contributed by atoms with E-state index in [9.17, 15) is 23.3 Å². The largest absolute Gasteiger partial charge is 0.423 e. The first-order valence-corrected chi connectivity index (χ1v) is 6.75. The fourth-order valence-corrected chi connectivity index (χ4v) is 2.91. The van der Waals surface area contributed by atoms with Crippen LogP contribution in [0.5, 0.6) is 0 Å². The van der Waals surface area contributed by atoms with Crippen LogP contribution in [0.2, 0.25) is 0 Å². The molecular weight excluding hydrogens is 303 g/mol. The molecule has 8 heteroatoms. The van der Waals surface area contributed by atoms with Crippen molar-refractivity contribution < 1.29 is 18.1 Å². The number of nitro groups is 1. The highest BCUT2D eigenvalue weighted by Gasteiger charge is 2.38. The Morgan fingerprint density at radius 2 is 2.11 bits per heavy atom. The molecule has 19 heavy (non-hydrogen) atoms. The second-order valence-corrected chi connectivity index (χ2v) is 5.73. The van der Waals surface area contributed by atoms with E-state index < -0.39 is 22.4 Å². The van der Waals surface area contributed by atoms with Crippen molar-refractivity contribution in [2.24, 2.45) is 0 Å². The van der Waals surface area contributed by atoms with Gasteiger partial charge in [0.05, 0.1) is 4.92 Å². The van der Waals surface area contributed by atoms with Gasteiger partial charge in [0.1, 0.15) is 5.56 Å². The van der Waals surface area contributed by atoms with E-state index in [1.807, 2.05) is 6.92 Å². The molecule has 1 rings (SSSR count). The van der Waals surface area contributed by atoms with Crippen molar-refractivity contribution in [1.82, 2.24) is 0 Å². The second-order valence-electron chi connectivity index (χ2n) is 3.84. The number of alkyl halides is 4. The topological polar surface area (TPSA) is 43.1 Å². The molecular formula is C11H11ClF3NO2S. The molecule has 0 N–H and O–H groups in total. The van der Waals surface area contributed by atoms with Crippen molar-refractivity contribution in [3.8, 4) is 0 Å². The van der Waals surface area contributed by atoms with Gasteiger partial charge in [0.2, 0.25) is 0 Å². The molecule has 0 radical (unpaired) electrons. The average Bonchev–Trinajstić information content (AvgIpc) is 2.27. The lowest BCUT2D eigenvalue weighted by Gasteiger charge is -2.12. The van der Waals surface area contributed by atoms with Gasteiger partial charge in [0.15, 0.2) is 0 Å². The third-order valence-electron chi connectivity index (χ3n) is 2.32. The van der Waals surface area contributed by atoms with Gasteiger partial charge < -0.3 is 0 Å². The maximum atomic E-state index is 12.7. The average molecular weight is 314 g/mol. The van der Waals surface area contributed by atoms with Gasteiger partial charge in [-0.1, -0.05) is 6.92 Å². The SMILES string of the molecule is CC(CCCl)Sc1ccc([N+](=O)[O-])c(C(F)(F)F)c1. The molecule has 0 spiro atoms. The molecule has 0 amide bonds. The lowest BCUT2D eigenvalue weighted by Crippen LogP contribution is -2.09. The molecule has 0 aliphatic rings. The fourth-order valence-electron chi connectivity index (χ4n) is 1.42. The first-order valence-electron chi connectivity index (χ1n) is 5.34. The van der Waals surface area contributed by atoms with Gasteiger partial charge >= 0.3 is 6.18 Å². The molecule has 1 aromatic carbocycles. The zero-order chi connectivity index (χ0) is 14.6. The highest BCUT2D eigenvalue weighted by molar-refractivity contribution is 7.99. The number of benzene rings is 1. The summed E-state index contributed by atoms with van der Waals surface area (Å²) in [4.78, 5) is 9.90. The van der Waals surface area contributed by atoms with Crippen LogP contribution >= 0.6 is 23.4 Å². The molecule has 3 nitrogen and oxygen atoms in total. The minimum absolute atomic E-state index is 0.0417. The molecule has 1 atom stereocenters. The molecule has 1 aromatic rings. The normalized spacial score (nSPS) is 13.3. The molecule has 0 bridgehead atoms. The molecule has 1 unspecified atom stereocenters. The van der Waals surface area contributed by atoms with Gasteiger partial charge in [-0.05, 0) is 18.6 Å². The van der Waals surface area contributed by atoms with Crippen molar-refractivity contribution in [3.05, 3.63) is 33.9 Å². The number of rotatable bonds is 5. The zero-order valence-corrected chi connectivity index (χ0v) is 11.5. The van der Waals surface area contributed by atoms with E-state index in [1.54, 1.807) is 0 Å². The monoisotopic (exact) mass is 313 g/mol. The Balaban J connectivity index is 3.09. The summed E-state index contributed by atoms with van der Waals surface area (Å²) >= 11 is 6.76. The van der Waals surface area contributed by atoms with Crippen molar-refractivity contribution in [2.45, 2.75) is 29.7 Å². The lowest BCUT2D eigenvalue weighted by atomic mass is 10.2. The number of halogens is 4. The quantitative estimate of drug-likeness (QED) is 0.342. The Morgan fingerprint density at radius 1 is 1.47 bits per heavy atom. The first-order chi connectivity index (χ1) is 8.75. The van der Waals surface area contributed by atoms with E-state index >= 15 is 0 Å². The van der Waals surface area contributed by atoms with E-state index in [0.29, 0.717) is 17.2 Å². The molecule has 0 saturated carbocycles. The van der Waals surface area contributed by atoms with Crippen molar-refractivity contribution in [1.29, 1.82) is 0 Å². The number of nitro benzene ring substituents is 1. The number of thioether (sulfide) groups is 1. The number of hydrogen-bond acceptors (Lipinski definition) is 3. The molecule has 0 aliphatic carbocycles. The van der Waals surface area contributed by atoms with E-state index in [2.05, 4.69) is 0 Å². The van der Waals surface area contributed by atoms with Crippen molar-refractivity contribution in [3.63, 3.8) is 0 Å². The summed E-state index contributed by atoms with van der Waals surface area (Å²) < 4.78 is 38.2. The molecule has 0 fully saturated rings. The lowest BCUT2D eigenvalue weighted by molar-refractivity contribution is -0.388. The zero-order valence-electron chi connectivity index (χ0n) is 9.91. The van der Waals surface area contributed by atoms with Crippen LogP contribution in [0.25, 0.3) is 0 Å². The standard InChI is InChI=1S/C11H11ClF3NO2S/c1-7(4-5-12)19-8-2-3-10(16(17)18)9(6-8)11(13,14)15/h2-3,6-7H,4-5H2,1H3. The maximum absolute atomic E-state index is 12.7. The minimum atomic E-state index is -4.74. The Labute approximate surface area is 117 Å². The third-order valence-corrected chi connectivity index (χ3v) is 3.71. The van der Waals surface area contributed by atoms with Gasteiger partial charge in [-0.15, -0.1) is 23.4 Å². The van der Waals surface area contributed by atoms with Crippen LogP contribution in [0, 0.1) is 10.1 Å². The smallest absolute Gasteiger partial charge is 0.258 e. The summed E-state index contributed by atoms with van der Waals surface area (Å²) in [6.45, 7) is 1.84. The van der Waals surface area contributed by atoms with Gasteiger partial charge in [0, 0.05) is 22.1 Å². The van der Waals surface area contributed by atoms with E-state index in [1.165, 1.54) is 17.8 Å². The summed E-state index contributed by atoms with van der Waals surface area (Å²) in [5.41, 5.74) is -2.15. The predicted octanol–water partition coefficient (Wildman–Crippen LogP) is 4.72. The van der Waals surface area contributed by atoms with Crippen molar-refractivity contribution >= 4 is 29.1 Å². The van der Waals surface area contributed by atoms with Gasteiger partial charge in [-0.2, -0.15) is 13.2 Å². The molecule has 0 aliphatic heterocycles. The molecule has 0 heterocycles. The van der Waals surface area contributed by atoms with Crippen molar-refractivity contribution in [2.75, 3.05) is 5.88 Å². The van der Waals surface area contributed by atoms with Crippen LogP contribution in [0.4, 0.5) is 18.9 Å². The Morgan fingerprint density at radius 3 is 2.58 bits per heavy atom. The predicted molar refractivity (Wildman–Crippen MR) is 68.8 cm³/mol. The van der Waals surface area contributed by atoms with Crippen LogP contribution < -0.4 is 0 Å². The Hall–Kier alpha value is -0.950. The highest BCUT2D eigenvalue weighted by atomic mass is 35.5. The van der Waals surface area contributed by atoms with E-state index in [-0.39, 0.29) is 5.25 Å². The highest BCUT2D eigenvalue weighted by Crippen LogP contribution is 2.39. The summed E-state index contributed by atoms with van der Waals surface area (Å²) in [6.07, 6.45) is -4.10.